The number of carbonyl (C=O) groups excluding carboxylic acids is 1. The predicted molar refractivity (Wildman–Crippen MR) is 56.8 cm³/mol. The van der Waals surface area contributed by atoms with E-state index in [0.29, 0.717) is 0 Å². The highest BCUT2D eigenvalue weighted by atomic mass is 16.1. The van der Waals surface area contributed by atoms with Crippen LogP contribution in [0.5, 0.6) is 0 Å². The Morgan fingerprint density at radius 3 is 2.64 bits per heavy atom. The zero-order chi connectivity index (χ0) is 10.8. The Labute approximate surface area is 84.3 Å². The maximum atomic E-state index is 10.8. The molecule has 0 heterocycles. The van der Waals surface area contributed by atoms with E-state index in [2.05, 4.69) is 11.4 Å². The molecule has 3 N–H and O–H groups in total. The molecule has 0 fully saturated rings. The molecule has 1 amide bonds. The van der Waals surface area contributed by atoms with Crippen molar-refractivity contribution in [2.24, 2.45) is 5.73 Å². The summed E-state index contributed by atoms with van der Waals surface area (Å²) in [5.74, 6) is -0.0922. The molecule has 0 spiro atoms. The van der Waals surface area contributed by atoms with Crippen LogP contribution in [0.4, 0.5) is 5.69 Å². The molecule has 0 aromatic heterocycles. The van der Waals surface area contributed by atoms with E-state index in [4.69, 9.17) is 5.73 Å². The van der Waals surface area contributed by atoms with Crippen LogP contribution in [0, 0.1) is 6.07 Å². The van der Waals surface area contributed by atoms with E-state index in [0.717, 1.165) is 11.3 Å². The number of hydrogen-bond acceptors (Lipinski definition) is 2. The van der Waals surface area contributed by atoms with E-state index >= 15 is 0 Å². The summed E-state index contributed by atoms with van der Waals surface area (Å²) in [5, 5.41) is 2.69. The summed E-state index contributed by atoms with van der Waals surface area (Å²) in [6.07, 6.45) is 0. The van der Waals surface area contributed by atoms with Gasteiger partial charge in [-0.2, -0.15) is 0 Å². The van der Waals surface area contributed by atoms with Crippen LogP contribution < -0.4 is 11.1 Å². The molecule has 1 rings (SSSR count). The fourth-order valence-corrected chi connectivity index (χ4v) is 1.12. The first-order chi connectivity index (χ1) is 6.39. The van der Waals surface area contributed by atoms with Gasteiger partial charge in [0, 0.05) is 18.2 Å². The Morgan fingerprint density at radius 1 is 1.50 bits per heavy atom. The largest absolute Gasteiger partial charge is 0.326 e. The lowest BCUT2D eigenvalue weighted by Crippen LogP contribution is -2.28. The lowest BCUT2D eigenvalue weighted by atomic mass is 9.95. The molecule has 0 aliphatic carbocycles. The molecular formula is C11H15N2O. The van der Waals surface area contributed by atoms with Gasteiger partial charge in [0.05, 0.1) is 0 Å². The first-order valence-electron chi connectivity index (χ1n) is 4.47. The quantitative estimate of drug-likeness (QED) is 0.746. The number of amides is 1. The van der Waals surface area contributed by atoms with E-state index < -0.39 is 5.54 Å². The SMILES string of the molecule is CC(=O)Nc1c[c]cc(C(C)(C)N)c1. The van der Waals surface area contributed by atoms with Crippen molar-refractivity contribution in [2.75, 3.05) is 5.32 Å². The smallest absolute Gasteiger partial charge is 0.221 e. The van der Waals surface area contributed by atoms with E-state index in [1.165, 1.54) is 6.92 Å². The van der Waals surface area contributed by atoms with Crippen molar-refractivity contribution in [3.05, 3.63) is 29.8 Å². The summed E-state index contributed by atoms with van der Waals surface area (Å²) in [5.41, 5.74) is 7.19. The molecule has 0 saturated heterocycles. The van der Waals surface area contributed by atoms with Gasteiger partial charge in [0.1, 0.15) is 0 Å². The molecule has 0 aliphatic heterocycles. The second kappa shape index (κ2) is 3.80. The lowest BCUT2D eigenvalue weighted by Gasteiger charge is -2.19. The van der Waals surface area contributed by atoms with Gasteiger partial charge in [0.15, 0.2) is 0 Å². The minimum absolute atomic E-state index is 0.0922. The van der Waals surface area contributed by atoms with Crippen LogP contribution in [-0.2, 0) is 10.3 Å². The molecule has 3 heteroatoms. The minimum atomic E-state index is -0.412. The zero-order valence-corrected chi connectivity index (χ0v) is 8.72. The normalized spacial score (nSPS) is 11.1. The summed E-state index contributed by atoms with van der Waals surface area (Å²) in [6.45, 7) is 5.29. The van der Waals surface area contributed by atoms with Crippen LogP contribution >= 0.6 is 0 Å². The summed E-state index contributed by atoms with van der Waals surface area (Å²) in [4.78, 5) is 10.8. The summed E-state index contributed by atoms with van der Waals surface area (Å²) in [7, 11) is 0. The number of benzene rings is 1. The van der Waals surface area contributed by atoms with E-state index in [1.807, 2.05) is 26.0 Å². The second-order valence-electron chi connectivity index (χ2n) is 3.91. The first kappa shape index (κ1) is 10.7. The van der Waals surface area contributed by atoms with Gasteiger partial charge in [0.25, 0.3) is 0 Å². The lowest BCUT2D eigenvalue weighted by molar-refractivity contribution is -0.114. The van der Waals surface area contributed by atoms with Gasteiger partial charge in [-0.1, -0.05) is 0 Å². The Bertz CT molecular complexity index is 339. The molecule has 14 heavy (non-hydrogen) atoms. The molecule has 0 atom stereocenters. The Hall–Kier alpha value is -1.35. The van der Waals surface area contributed by atoms with Crippen LogP contribution in [0.3, 0.4) is 0 Å². The number of nitrogens with two attached hydrogens (primary N) is 1. The third-order valence-electron chi connectivity index (χ3n) is 1.85. The molecule has 1 aromatic carbocycles. The monoisotopic (exact) mass is 191 g/mol. The van der Waals surface area contributed by atoms with Crippen LogP contribution in [0.1, 0.15) is 26.3 Å². The molecular weight excluding hydrogens is 176 g/mol. The Balaban J connectivity index is 2.95. The highest BCUT2D eigenvalue weighted by Crippen LogP contribution is 2.19. The van der Waals surface area contributed by atoms with Gasteiger partial charge in [0.2, 0.25) is 5.91 Å². The van der Waals surface area contributed by atoms with Gasteiger partial charge in [-0.05, 0) is 43.7 Å². The third-order valence-corrected chi connectivity index (χ3v) is 1.85. The van der Waals surface area contributed by atoms with Crippen LogP contribution in [0.2, 0.25) is 0 Å². The highest BCUT2D eigenvalue weighted by molar-refractivity contribution is 5.88. The Morgan fingerprint density at radius 2 is 2.14 bits per heavy atom. The molecule has 3 nitrogen and oxygen atoms in total. The van der Waals surface area contributed by atoms with Crippen molar-refractivity contribution in [3.8, 4) is 0 Å². The standard InChI is InChI=1S/C11H15N2O/c1-8(14)13-10-6-4-5-9(7-10)11(2,3)12/h5-7H,12H2,1-3H3,(H,13,14). The zero-order valence-electron chi connectivity index (χ0n) is 8.72. The van der Waals surface area contributed by atoms with Crippen molar-refractivity contribution in [3.63, 3.8) is 0 Å². The van der Waals surface area contributed by atoms with Crippen LogP contribution in [0.25, 0.3) is 0 Å². The molecule has 0 saturated carbocycles. The third kappa shape index (κ3) is 2.85. The number of carbonyl (C=O) groups is 1. The molecule has 0 bridgehead atoms. The molecule has 1 radical (unpaired) electrons. The van der Waals surface area contributed by atoms with Crippen molar-refractivity contribution in [2.45, 2.75) is 26.3 Å². The molecule has 75 valence electrons. The number of hydrogen-bond donors (Lipinski definition) is 2. The van der Waals surface area contributed by atoms with Gasteiger partial charge < -0.3 is 11.1 Å². The van der Waals surface area contributed by atoms with Crippen molar-refractivity contribution < 1.29 is 4.79 Å². The maximum absolute atomic E-state index is 10.8. The van der Waals surface area contributed by atoms with Crippen LogP contribution in [-0.4, -0.2) is 5.91 Å². The number of anilines is 1. The Kier molecular flexibility index (Phi) is 2.91. The van der Waals surface area contributed by atoms with Crippen molar-refractivity contribution in [1.29, 1.82) is 0 Å². The summed E-state index contributed by atoms with van der Waals surface area (Å²) in [6, 6.07) is 8.35. The molecule has 0 unspecified atom stereocenters. The maximum Gasteiger partial charge on any atom is 0.221 e. The first-order valence-corrected chi connectivity index (χ1v) is 4.47. The van der Waals surface area contributed by atoms with Gasteiger partial charge in [-0.25, -0.2) is 0 Å². The fourth-order valence-electron chi connectivity index (χ4n) is 1.12. The van der Waals surface area contributed by atoms with E-state index in [9.17, 15) is 4.79 Å². The topological polar surface area (TPSA) is 55.1 Å². The summed E-state index contributed by atoms with van der Waals surface area (Å²) < 4.78 is 0. The van der Waals surface area contributed by atoms with Gasteiger partial charge in [-0.3, -0.25) is 4.79 Å². The fraction of sp³-hybridized carbons (Fsp3) is 0.364. The number of nitrogens with one attached hydrogen (secondary N) is 1. The number of rotatable bonds is 2. The average Bonchev–Trinajstić information content (AvgIpc) is 2.01. The predicted octanol–water partition coefficient (Wildman–Crippen LogP) is 1.64. The molecule has 0 aliphatic rings. The second-order valence-corrected chi connectivity index (χ2v) is 3.91. The van der Waals surface area contributed by atoms with Gasteiger partial charge >= 0.3 is 0 Å². The van der Waals surface area contributed by atoms with E-state index in [-0.39, 0.29) is 5.91 Å². The molecule has 1 aromatic rings. The van der Waals surface area contributed by atoms with Crippen molar-refractivity contribution in [1.82, 2.24) is 0 Å². The highest BCUT2D eigenvalue weighted by Gasteiger charge is 2.14. The minimum Gasteiger partial charge on any atom is -0.326 e. The average molecular weight is 191 g/mol. The van der Waals surface area contributed by atoms with E-state index in [1.54, 1.807) is 6.07 Å². The van der Waals surface area contributed by atoms with Crippen LogP contribution in [0.15, 0.2) is 18.2 Å². The van der Waals surface area contributed by atoms with Gasteiger partial charge in [-0.15, -0.1) is 0 Å². The van der Waals surface area contributed by atoms with Crippen molar-refractivity contribution >= 4 is 11.6 Å². The summed E-state index contributed by atoms with van der Waals surface area (Å²) >= 11 is 0.